The summed E-state index contributed by atoms with van der Waals surface area (Å²) in [5.41, 5.74) is 1.48. The number of benzene rings is 1. The van der Waals surface area contributed by atoms with Crippen LogP contribution in [0, 0.1) is 5.92 Å². The van der Waals surface area contributed by atoms with Gasteiger partial charge in [-0.25, -0.2) is 9.59 Å². The Kier molecular flexibility index (Phi) is 5.98. The van der Waals surface area contributed by atoms with Crippen molar-refractivity contribution in [3.8, 4) is 0 Å². The second-order valence-electron chi connectivity index (χ2n) is 7.37. The van der Waals surface area contributed by atoms with Crippen LogP contribution in [0.1, 0.15) is 26.7 Å². The van der Waals surface area contributed by atoms with Crippen molar-refractivity contribution in [3.63, 3.8) is 0 Å². The number of hydrogen-bond acceptors (Lipinski definition) is 3. The number of nitrogens with one attached hydrogen (secondary N) is 3. The summed E-state index contributed by atoms with van der Waals surface area (Å²) in [5.74, 6) is 0.497. The van der Waals surface area contributed by atoms with Crippen molar-refractivity contribution in [1.82, 2.24) is 15.5 Å². The molecule has 2 fully saturated rings. The first-order valence-corrected chi connectivity index (χ1v) is 9.47. The van der Waals surface area contributed by atoms with Crippen LogP contribution in [-0.4, -0.2) is 55.7 Å². The highest BCUT2D eigenvalue weighted by molar-refractivity contribution is 5.95. The molecule has 0 bridgehead atoms. The predicted molar refractivity (Wildman–Crippen MR) is 104 cm³/mol. The summed E-state index contributed by atoms with van der Waals surface area (Å²) in [6, 6.07) is 7.63. The van der Waals surface area contributed by atoms with E-state index in [4.69, 9.17) is 0 Å². The second-order valence-corrected chi connectivity index (χ2v) is 7.37. The van der Waals surface area contributed by atoms with Crippen molar-refractivity contribution < 1.29 is 9.59 Å². The number of carbonyl (C=O) groups is 2. The normalized spacial score (nSPS) is 21.0. The Balaban J connectivity index is 1.50. The molecule has 1 unspecified atom stereocenters. The third kappa shape index (κ3) is 4.66. The molecule has 7 nitrogen and oxygen atoms in total. The number of piperidine rings is 1. The molecule has 0 spiro atoms. The fourth-order valence-electron chi connectivity index (χ4n) is 3.61. The van der Waals surface area contributed by atoms with Gasteiger partial charge in [-0.2, -0.15) is 0 Å². The maximum Gasteiger partial charge on any atom is 0.321 e. The van der Waals surface area contributed by atoms with Crippen LogP contribution in [0.25, 0.3) is 0 Å². The summed E-state index contributed by atoms with van der Waals surface area (Å²) in [4.78, 5) is 28.2. The molecule has 1 aromatic carbocycles. The Bertz CT molecular complexity index is 649. The molecule has 2 heterocycles. The van der Waals surface area contributed by atoms with Crippen molar-refractivity contribution in [2.45, 2.75) is 32.7 Å². The van der Waals surface area contributed by atoms with Gasteiger partial charge in [-0.3, -0.25) is 4.90 Å². The molecule has 142 valence electrons. The molecule has 4 amide bonds. The zero-order valence-corrected chi connectivity index (χ0v) is 15.6. The number of amides is 4. The SMILES string of the molecule is CC(C)N1CCCC(CNC(=O)Nc2cccc(N3CCNC3=O)c2)C1. The van der Waals surface area contributed by atoms with Gasteiger partial charge in [0, 0.05) is 43.6 Å². The summed E-state index contributed by atoms with van der Waals surface area (Å²) in [7, 11) is 0. The van der Waals surface area contributed by atoms with Gasteiger partial charge in [0.05, 0.1) is 0 Å². The predicted octanol–water partition coefficient (Wildman–Crippen LogP) is 2.46. The summed E-state index contributed by atoms with van der Waals surface area (Å²) in [6.45, 7) is 8.60. The van der Waals surface area contributed by atoms with E-state index < -0.39 is 0 Å². The van der Waals surface area contributed by atoms with E-state index in [1.54, 1.807) is 4.90 Å². The van der Waals surface area contributed by atoms with Crippen LogP contribution in [0.5, 0.6) is 0 Å². The van der Waals surface area contributed by atoms with E-state index in [1.807, 2.05) is 24.3 Å². The van der Waals surface area contributed by atoms with Crippen molar-refractivity contribution >= 4 is 23.4 Å². The summed E-state index contributed by atoms with van der Waals surface area (Å²) in [5, 5.41) is 8.64. The van der Waals surface area contributed by atoms with Crippen LogP contribution in [0.4, 0.5) is 21.0 Å². The first-order chi connectivity index (χ1) is 12.5. The second kappa shape index (κ2) is 8.40. The maximum atomic E-state index is 12.2. The van der Waals surface area contributed by atoms with Gasteiger partial charge in [-0.05, 0) is 57.4 Å². The number of likely N-dealkylation sites (tertiary alicyclic amines) is 1. The minimum Gasteiger partial charge on any atom is -0.338 e. The highest BCUT2D eigenvalue weighted by atomic mass is 16.2. The van der Waals surface area contributed by atoms with Crippen LogP contribution < -0.4 is 20.9 Å². The molecule has 1 atom stereocenters. The first kappa shape index (κ1) is 18.5. The van der Waals surface area contributed by atoms with Crippen molar-refractivity contribution in [3.05, 3.63) is 24.3 Å². The molecule has 1 aromatic rings. The zero-order valence-electron chi connectivity index (χ0n) is 15.6. The average Bonchev–Trinajstić information content (AvgIpc) is 3.06. The Hall–Kier alpha value is -2.28. The fourth-order valence-corrected chi connectivity index (χ4v) is 3.61. The fraction of sp³-hybridized carbons (Fsp3) is 0.579. The van der Waals surface area contributed by atoms with Gasteiger partial charge in [-0.15, -0.1) is 0 Å². The number of urea groups is 2. The van der Waals surface area contributed by atoms with E-state index in [-0.39, 0.29) is 12.1 Å². The van der Waals surface area contributed by atoms with Crippen LogP contribution in [0.15, 0.2) is 24.3 Å². The molecule has 0 radical (unpaired) electrons. The molecule has 2 aliphatic rings. The number of anilines is 2. The van der Waals surface area contributed by atoms with Gasteiger partial charge < -0.3 is 20.9 Å². The molecular weight excluding hydrogens is 330 g/mol. The van der Waals surface area contributed by atoms with E-state index in [0.29, 0.717) is 37.3 Å². The summed E-state index contributed by atoms with van der Waals surface area (Å²) >= 11 is 0. The Labute approximate surface area is 155 Å². The van der Waals surface area contributed by atoms with Gasteiger partial charge in [0.15, 0.2) is 0 Å². The Morgan fingerprint density at radius 3 is 2.92 bits per heavy atom. The molecule has 3 N–H and O–H groups in total. The molecular formula is C19H29N5O2. The van der Waals surface area contributed by atoms with Crippen molar-refractivity contribution in [1.29, 1.82) is 0 Å². The van der Waals surface area contributed by atoms with Gasteiger partial charge in [0.25, 0.3) is 0 Å². The van der Waals surface area contributed by atoms with Crippen LogP contribution >= 0.6 is 0 Å². The zero-order chi connectivity index (χ0) is 18.5. The molecule has 0 saturated carbocycles. The van der Waals surface area contributed by atoms with E-state index in [1.165, 1.54) is 6.42 Å². The first-order valence-electron chi connectivity index (χ1n) is 9.47. The lowest BCUT2D eigenvalue weighted by Crippen LogP contribution is -2.44. The average molecular weight is 359 g/mol. The highest BCUT2D eigenvalue weighted by Gasteiger charge is 2.23. The minimum absolute atomic E-state index is 0.0985. The van der Waals surface area contributed by atoms with E-state index in [9.17, 15) is 9.59 Å². The summed E-state index contributed by atoms with van der Waals surface area (Å²) < 4.78 is 0. The summed E-state index contributed by atoms with van der Waals surface area (Å²) in [6.07, 6.45) is 2.34. The third-order valence-corrected chi connectivity index (χ3v) is 5.10. The van der Waals surface area contributed by atoms with Crippen molar-refractivity contribution in [2.24, 2.45) is 5.92 Å². The Morgan fingerprint density at radius 2 is 2.19 bits per heavy atom. The Morgan fingerprint density at radius 1 is 1.35 bits per heavy atom. The van der Waals surface area contributed by atoms with E-state index >= 15 is 0 Å². The van der Waals surface area contributed by atoms with Crippen LogP contribution in [0.3, 0.4) is 0 Å². The largest absolute Gasteiger partial charge is 0.338 e. The van der Waals surface area contributed by atoms with E-state index in [2.05, 4.69) is 34.7 Å². The maximum absolute atomic E-state index is 12.2. The van der Waals surface area contributed by atoms with Crippen LogP contribution in [-0.2, 0) is 0 Å². The lowest BCUT2D eigenvalue weighted by molar-refractivity contribution is 0.139. The number of hydrogen-bond donors (Lipinski definition) is 3. The lowest BCUT2D eigenvalue weighted by atomic mass is 9.97. The van der Waals surface area contributed by atoms with Gasteiger partial charge in [-0.1, -0.05) is 6.07 Å². The van der Waals surface area contributed by atoms with Crippen LogP contribution in [0.2, 0.25) is 0 Å². The smallest absolute Gasteiger partial charge is 0.321 e. The van der Waals surface area contributed by atoms with Gasteiger partial charge in [0.1, 0.15) is 0 Å². The minimum atomic E-state index is -0.199. The van der Waals surface area contributed by atoms with E-state index in [0.717, 1.165) is 25.2 Å². The number of rotatable bonds is 5. The van der Waals surface area contributed by atoms with Crippen molar-refractivity contribution in [2.75, 3.05) is 42.9 Å². The molecule has 26 heavy (non-hydrogen) atoms. The molecule has 2 saturated heterocycles. The van der Waals surface area contributed by atoms with Gasteiger partial charge >= 0.3 is 12.1 Å². The number of nitrogens with zero attached hydrogens (tertiary/aromatic N) is 2. The van der Waals surface area contributed by atoms with Gasteiger partial charge in [0.2, 0.25) is 0 Å². The number of carbonyl (C=O) groups excluding carboxylic acids is 2. The molecule has 7 heteroatoms. The standard InChI is InChI=1S/C19H29N5O2/c1-14(2)23-9-4-5-15(13-23)12-21-18(25)22-16-6-3-7-17(11-16)24-10-8-20-19(24)26/h3,6-7,11,14-15H,4-5,8-10,12-13H2,1-2H3,(H,20,26)(H2,21,22,25). The molecule has 2 aliphatic heterocycles. The monoisotopic (exact) mass is 359 g/mol. The molecule has 0 aliphatic carbocycles. The molecule has 0 aromatic heterocycles. The lowest BCUT2D eigenvalue weighted by Gasteiger charge is -2.35. The topological polar surface area (TPSA) is 76.7 Å². The highest BCUT2D eigenvalue weighted by Crippen LogP contribution is 2.21. The third-order valence-electron chi connectivity index (χ3n) is 5.10. The molecule has 3 rings (SSSR count). The quantitative estimate of drug-likeness (QED) is 0.756.